The number of aliphatic hydroxyl groups is 1. The number of aliphatic imine (C=N–C) groups is 1. The molecule has 0 aliphatic heterocycles. The lowest BCUT2D eigenvalue weighted by atomic mass is 9.88. The quantitative estimate of drug-likeness (QED) is 0.183. The van der Waals surface area contributed by atoms with Crippen LogP contribution in [-0.4, -0.2) is 22.2 Å². The van der Waals surface area contributed by atoms with Crippen molar-refractivity contribution in [1.82, 2.24) is 0 Å². The van der Waals surface area contributed by atoms with Crippen LogP contribution in [0.3, 0.4) is 0 Å². The average molecular weight is 512 g/mol. The Hall–Kier alpha value is -2.46. The topological polar surface area (TPSA) is 58.9 Å². The summed E-state index contributed by atoms with van der Waals surface area (Å²) in [5, 5.41) is 9.10. The van der Waals surface area contributed by atoms with Crippen LogP contribution in [0.5, 0.6) is 0 Å². The zero-order valence-corrected chi connectivity index (χ0v) is 25.1. The van der Waals surface area contributed by atoms with E-state index in [0.29, 0.717) is 13.0 Å². The van der Waals surface area contributed by atoms with Crippen molar-refractivity contribution in [2.75, 3.05) is 0 Å². The molecule has 1 N–H and O–H groups in total. The number of allylic oxidation sites excluding steroid dienone is 5. The SMILES string of the molecule is CC/C=C(C)/C(=C\C=C(/C)OCc1ccccc1)N=C(C)CC.CC1CCC1.CCC(=O)CC(C)(C)O. The van der Waals surface area contributed by atoms with Crippen molar-refractivity contribution in [3.8, 4) is 0 Å². The number of nitrogens with zero attached hydrogens (tertiary/aromatic N) is 1. The van der Waals surface area contributed by atoms with Gasteiger partial charge in [-0.2, -0.15) is 0 Å². The number of carbonyl (C=O) groups excluding carboxylic acids is 1. The van der Waals surface area contributed by atoms with Gasteiger partial charge in [0.05, 0.1) is 17.1 Å². The van der Waals surface area contributed by atoms with Crippen LogP contribution in [0.4, 0.5) is 0 Å². The van der Waals surface area contributed by atoms with E-state index in [0.717, 1.165) is 35.9 Å². The van der Waals surface area contributed by atoms with Crippen molar-refractivity contribution >= 4 is 11.5 Å². The molecule has 0 aromatic heterocycles. The fourth-order valence-corrected chi connectivity index (χ4v) is 3.19. The van der Waals surface area contributed by atoms with E-state index < -0.39 is 5.60 Å². The van der Waals surface area contributed by atoms with Crippen molar-refractivity contribution < 1.29 is 14.6 Å². The van der Waals surface area contributed by atoms with E-state index in [1.54, 1.807) is 20.8 Å². The Balaban J connectivity index is 0.000000751. The smallest absolute Gasteiger partial charge is 0.135 e. The van der Waals surface area contributed by atoms with Gasteiger partial charge in [0.1, 0.15) is 12.4 Å². The van der Waals surface area contributed by atoms with Crippen LogP contribution in [0.15, 0.2) is 70.6 Å². The number of carbonyl (C=O) groups is 1. The molecule has 4 nitrogen and oxygen atoms in total. The van der Waals surface area contributed by atoms with Crippen LogP contribution in [-0.2, 0) is 16.1 Å². The minimum Gasteiger partial charge on any atom is -0.494 e. The molecule has 0 heterocycles. The number of rotatable bonds is 11. The van der Waals surface area contributed by atoms with E-state index in [-0.39, 0.29) is 12.2 Å². The van der Waals surface area contributed by atoms with E-state index in [1.165, 1.54) is 30.4 Å². The first kappa shape index (κ1) is 34.5. The standard InChI is InChI=1S/C21H29NO.C7H14O2.C5H10/c1-6-11-17(3)21(22-18(4)7-2)15-14-19(5)23-16-20-12-9-8-10-13-20;1-4-6(8)5-7(2,3)9;1-5-3-2-4-5/h8-15H,6-7,16H2,1-5H3;9H,4-5H2,1-3H3;5H,2-4H2,1H3/b17-11+,19-14+,21-15+,22-18?;;. The second kappa shape index (κ2) is 19.6. The van der Waals surface area contributed by atoms with E-state index in [1.807, 2.05) is 37.3 Å². The molecule has 0 radical (unpaired) electrons. The Morgan fingerprint density at radius 1 is 1.05 bits per heavy atom. The summed E-state index contributed by atoms with van der Waals surface area (Å²) in [4.78, 5) is 15.4. The van der Waals surface area contributed by atoms with E-state index in [9.17, 15) is 4.79 Å². The monoisotopic (exact) mass is 511 g/mol. The zero-order chi connectivity index (χ0) is 28.3. The van der Waals surface area contributed by atoms with Gasteiger partial charge in [0.2, 0.25) is 0 Å². The summed E-state index contributed by atoms with van der Waals surface area (Å²) in [7, 11) is 0. The number of ether oxygens (including phenoxy) is 1. The molecule has 1 aromatic carbocycles. The zero-order valence-electron chi connectivity index (χ0n) is 25.1. The Kier molecular flexibility index (Phi) is 18.3. The molecule has 1 saturated carbocycles. The summed E-state index contributed by atoms with van der Waals surface area (Å²) in [6.07, 6.45) is 13.5. The maximum absolute atomic E-state index is 10.7. The molecular formula is C33H53NO3. The summed E-state index contributed by atoms with van der Waals surface area (Å²) in [6.45, 7) is 18.4. The van der Waals surface area contributed by atoms with Gasteiger partial charge in [0, 0.05) is 18.6 Å². The highest BCUT2D eigenvalue weighted by atomic mass is 16.5. The molecule has 2 rings (SSSR count). The third-order valence-electron chi connectivity index (χ3n) is 5.94. The Bertz CT molecular complexity index is 882. The minimum absolute atomic E-state index is 0.113. The van der Waals surface area contributed by atoms with Gasteiger partial charge >= 0.3 is 0 Å². The number of benzene rings is 1. The lowest BCUT2D eigenvalue weighted by Crippen LogP contribution is -2.22. The van der Waals surface area contributed by atoms with Gasteiger partial charge in [-0.25, -0.2) is 0 Å². The first-order valence-corrected chi connectivity index (χ1v) is 13.9. The van der Waals surface area contributed by atoms with Crippen LogP contribution in [0, 0.1) is 5.92 Å². The van der Waals surface area contributed by atoms with E-state index in [2.05, 4.69) is 52.8 Å². The normalized spacial score (nSPS) is 15.1. The predicted octanol–water partition coefficient (Wildman–Crippen LogP) is 9.15. The molecule has 1 aromatic rings. The van der Waals surface area contributed by atoms with Crippen LogP contribution in [0.1, 0.15) is 113 Å². The second-order valence-electron chi connectivity index (χ2n) is 10.5. The van der Waals surface area contributed by atoms with Crippen LogP contribution >= 0.6 is 0 Å². The van der Waals surface area contributed by atoms with Crippen molar-refractivity contribution in [2.45, 2.75) is 119 Å². The molecule has 0 bridgehead atoms. The molecule has 0 spiro atoms. The summed E-state index contributed by atoms with van der Waals surface area (Å²) >= 11 is 0. The van der Waals surface area contributed by atoms with Crippen molar-refractivity contribution in [2.24, 2.45) is 10.9 Å². The van der Waals surface area contributed by atoms with Crippen LogP contribution in [0.25, 0.3) is 0 Å². The molecule has 1 fully saturated rings. The maximum atomic E-state index is 10.7. The second-order valence-corrected chi connectivity index (χ2v) is 10.5. The van der Waals surface area contributed by atoms with E-state index in [4.69, 9.17) is 14.8 Å². The maximum Gasteiger partial charge on any atom is 0.135 e. The minimum atomic E-state index is -0.826. The van der Waals surface area contributed by atoms with Crippen molar-refractivity contribution in [3.05, 3.63) is 71.2 Å². The Morgan fingerprint density at radius 2 is 1.65 bits per heavy atom. The molecule has 0 saturated heterocycles. The number of hydrogen-bond donors (Lipinski definition) is 1. The highest BCUT2D eigenvalue weighted by molar-refractivity contribution is 5.83. The lowest BCUT2D eigenvalue weighted by Gasteiger charge is -2.18. The average Bonchev–Trinajstić information content (AvgIpc) is 2.84. The highest BCUT2D eigenvalue weighted by Gasteiger charge is 2.15. The van der Waals surface area contributed by atoms with Gasteiger partial charge in [0.15, 0.2) is 0 Å². The number of hydrogen-bond acceptors (Lipinski definition) is 4. The molecule has 208 valence electrons. The third-order valence-corrected chi connectivity index (χ3v) is 5.94. The fraction of sp³-hybridized carbons (Fsp3) is 0.576. The first-order chi connectivity index (χ1) is 17.4. The predicted molar refractivity (Wildman–Crippen MR) is 160 cm³/mol. The molecule has 0 atom stereocenters. The van der Waals surface area contributed by atoms with Gasteiger partial charge in [-0.15, -0.1) is 0 Å². The van der Waals surface area contributed by atoms with Crippen LogP contribution in [0.2, 0.25) is 0 Å². The highest BCUT2D eigenvalue weighted by Crippen LogP contribution is 2.24. The molecule has 0 unspecified atom stereocenters. The third kappa shape index (κ3) is 19.3. The van der Waals surface area contributed by atoms with Crippen molar-refractivity contribution in [1.29, 1.82) is 0 Å². The Morgan fingerprint density at radius 3 is 2.05 bits per heavy atom. The summed E-state index contributed by atoms with van der Waals surface area (Å²) in [5.41, 5.74) is 3.69. The molecule has 1 aliphatic rings. The van der Waals surface area contributed by atoms with Crippen LogP contribution < -0.4 is 0 Å². The molecule has 37 heavy (non-hydrogen) atoms. The summed E-state index contributed by atoms with van der Waals surface area (Å²) in [5.74, 6) is 2.07. The molecule has 1 aliphatic carbocycles. The fourth-order valence-electron chi connectivity index (χ4n) is 3.19. The van der Waals surface area contributed by atoms with Gasteiger partial charge in [-0.1, -0.05) is 83.4 Å². The van der Waals surface area contributed by atoms with E-state index >= 15 is 0 Å². The Labute approximate surface area is 227 Å². The number of Topliss-reactive ketones (excluding diaryl/α,β-unsaturated/α-hetero) is 1. The molecule has 0 amide bonds. The number of ketones is 1. The van der Waals surface area contributed by atoms with Gasteiger partial charge in [-0.05, 0) is 76.7 Å². The first-order valence-electron chi connectivity index (χ1n) is 13.9. The largest absolute Gasteiger partial charge is 0.494 e. The van der Waals surface area contributed by atoms with Gasteiger partial charge in [0.25, 0.3) is 0 Å². The molecular weight excluding hydrogens is 458 g/mol. The summed E-state index contributed by atoms with van der Waals surface area (Å²) in [6, 6.07) is 10.2. The van der Waals surface area contributed by atoms with Gasteiger partial charge in [-0.3, -0.25) is 9.79 Å². The lowest BCUT2D eigenvalue weighted by molar-refractivity contribution is -0.122. The molecule has 4 heteroatoms. The van der Waals surface area contributed by atoms with Crippen molar-refractivity contribution in [3.63, 3.8) is 0 Å². The summed E-state index contributed by atoms with van der Waals surface area (Å²) < 4.78 is 5.80. The van der Waals surface area contributed by atoms with Gasteiger partial charge < -0.3 is 9.84 Å².